The summed E-state index contributed by atoms with van der Waals surface area (Å²) in [7, 11) is 0. The zero-order valence-corrected chi connectivity index (χ0v) is 18.1. The lowest BCUT2D eigenvalue weighted by Gasteiger charge is -2.20. The van der Waals surface area contributed by atoms with Gasteiger partial charge in [0.25, 0.3) is 5.91 Å². The van der Waals surface area contributed by atoms with Crippen LogP contribution in [0.5, 0.6) is 0 Å². The molecule has 2 aliphatic heterocycles. The largest absolute Gasteiger partial charge is 0.441 e. The normalized spacial score (nSPS) is 17.9. The fourth-order valence-electron chi connectivity index (χ4n) is 3.39. The molecule has 0 unspecified atom stereocenters. The van der Waals surface area contributed by atoms with Crippen molar-refractivity contribution in [2.45, 2.75) is 26.9 Å². The lowest BCUT2D eigenvalue weighted by Crippen LogP contribution is -2.35. The van der Waals surface area contributed by atoms with Crippen molar-refractivity contribution in [3.8, 4) is 5.69 Å². The lowest BCUT2D eigenvalue weighted by atomic mass is 10.1. The van der Waals surface area contributed by atoms with Crippen LogP contribution in [0.1, 0.15) is 22.5 Å². The van der Waals surface area contributed by atoms with Gasteiger partial charge in [-0.15, -0.1) is 0 Å². The van der Waals surface area contributed by atoms with Gasteiger partial charge >= 0.3 is 6.18 Å². The van der Waals surface area contributed by atoms with Gasteiger partial charge in [0.15, 0.2) is 5.84 Å². The molecule has 2 aliphatic rings. The van der Waals surface area contributed by atoms with E-state index < -0.39 is 23.0 Å². The summed E-state index contributed by atoms with van der Waals surface area (Å²) in [6.07, 6.45) is -3.23. The number of aryl methyl sites for hydroxylation is 2. The number of fused-ring (bicyclic) bond motifs is 1. The van der Waals surface area contributed by atoms with Crippen LogP contribution in [0.2, 0.25) is 5.02 Å². The molecule has 160 valence electrons. The summed E-state index contributed by atoms with van der Waals surface area (Å²) in [5.41, 5.74) is 4.00. The molecule has 6 nitrogen and oxygen atoms in total. The summed E-state index contributed by atoms with van der Waals surface area (Å²) < 4.78 is 40.9. The van der Waals surface area contributed by atoms with Gasteiger partial charge in [0, 0.05) is 22.1 Å². The number of thioether (sulfide) groups is 1. The maximum atomic E-state index is 13.0. The fraction of sp³-hybridized carbons (Fsp3) is 0.200. The summed E-state index contributed by atoms with van der Waals surface area (Å²) in [5, 5.41) is 11.5. The molecule has 0 aliphatic carbocycles. The summed E-state index contributed by atoms with van der Waals surface area (Å²) in [4.78, 5) is 16.2. The van der Waals surface area contributed by atoms with Gasteiger partial charge in [-0.1, -0.05) is 17.7 Å². The second-order valence-electron chi connectivity index (χ2n) is 7.02. The van der Waals surface area contributed by atoms with E-state index in [-0.39, 0.29) is 22.5 Å². The predicted octanol–water partition coefficient (Wildman–Crippen LogP) is 5.24. The van der Waals surface area contributed by atoms with Crippen LogP contribution in [0.4, 0.5) is 13.2 Å². The number of hydrogen-bond acceptors (Lipinski definition) is 4. The maximum absolute atomic E-state index is 13.0. The van der Waals surface area contributed by atoms with Gasteiger partial charge in [-0.05, 0) is 67.9 Å². The van der Waals surface area contributed by atoms with Gasteiger partial charge in [-0.25, -0.2) is 0 Å². The van der Waals surface area contributed by atoms with E-state index in [1.165, 1.54) is 6.08 Å². The van der Waals surface area contributed by atoms with E-state index in [0.717, 1.165) is 27.6 Å². The van der Waals surface area contributed by atoms with Crippen molar-refractivity contribution >= 4 is 51.4 Å². The molecular formula is C20H15ClF3N5OS. The molecule has 1 aromatic carbocycles. The monoisotopic (exact) mass is 465 g/mol. The Morgan fingerprint density at radius 1 is 1.19 bits per heavy atom. The van der Waals surface area contributed by atoms with Crippen LogP contribution in [0.15, 0.2) is 39.9 Å². The topological polar surface area (TPSA) is 73.8 Å². The maximum Gasteiger partial charge on any atom is 0.441 e. The van der Waals surface area contributed by atoms with Crippen LogP contribution in [0, 0.1) is 26.2 Å². The Kier molecular flexibility index (Phi) is 5.09. The molecule has 0 bridgehead atoms. The number of nitrogens with one attached hydrogen (secondary N) is 1. The molecule has 1 aromatic heterocycles. The van der Waals surface area contributed by atoms with Crippen LogP contribution in [0.3, 0.4) is 0 Å². The van der Waals surface area contributed by atoms with E-state index in [4.69, 9.17) is 17.0 Å². The molecule has 0 spiro atoms. The van der Waals surface area contributed by atoms with E-state index in [0.29, 0.717) is 10.6 Å². The molecule has 31 heavy (non-hydrogen) atoms. The van der Waals surface area contributed by atoms with Gasteiger partial charge in [0.1, 0.15) is 0 Å². The van der Waals surface area contributed by atoms with E-state index in [9.17, 15) is 18.0 Å². The third-order valence-corrected chi connectivity index (χ3v) is 6.07. The Bertz CT molecular complexity index is 1240. The highest BCUT2D eigenvalue weighted by Crippen LogP contribution is 2.35. The van der Waals surface area contributed by atoms with Crippen molar-refractivity contribution < 1.29 is 18.0 Å². The molecule has 0 radical (unpaired) electrons. The number of carbonyl (C=O) groups excluding carboxylic acids is 1. The van der Waals surface area contributed by atoms with E-state index in [2.05, 4.69) is 10.1 Å². The number of halogens is 4. The molecule has 0 fully saturated rings. The Labute approximate surface area is 184 Å². The Balaban J connectivity index is 1.77. The van der Waals surface area contributed by atoms with E-state index in [1.807, 2.05) is 43.5 Å². The summed E-state index contributed by atoms with van der Waals surface area (Å²) in [6, 6.07) is 7.34. The first-order chi connectivity index (χ1) is 14.5. The smallest absolute Gasteiger partial charge is 0.318 e. The van der Waals surface area contributed by atoms with Crippen LogP contribution < -0.4 is 0 Å². The lowest BCUT2D eigenvalue weighted by molar-refractivity contribution is -0.114. The average Bonchev–Trinajstić information content (AvgIpc) is 3.22. The summed E-state index contributed by atoms with van der Waals surface area (Å²) >= 11 is 6.38. The third-order valence-electron chi connectivity index (χ3n) is 4.88. The fourth-order valence-corrected chi connectivity index (χ4v) is 4.31. The Morgan fingerprint density at radius 2 is 1.90 bits per heavy atom. The third kappa shape index (κ3) is 3.70. The number of aliphatic imine (C=N–C) groups is 1. The van der Waals surface area contributed by atoms with Gasteiger partial charge < -0.3 is 4.57 Å². The van der Waals surface area contributed by atoms with Crippen LogP contribution in [-0.2, 0) is 4.79 Å². The van der Waals surface area contributed by atoms with Crippen molar-refractivity contribution in [3.05, 3.63) is 57.4 Å². The minimum atomic E-state index is -4.68. The van der Waals surface area contributed by atoms with Crippen molar-refractivity contribution in [2.75, 3.05) is 0 Å². The van der Waals surface area contributed by atoms with Crippen LogP contribution >= 0.6 is 23.4 Å². The second-order valence-corrected chi connectivity index (χ2v) is 8.41. The zero-order valence-electron chi connectivity index (χ0n) is 16.5. The highest BCUT2D eigenvalue weighted by molar-refractivity contribution is 8.27. The van der Waals surface area contributed by atoms with Gasteiger partial charge in [-0.2, -0.15) is 28.3 Å². The standard InChI is InChI=1S/C20H15ClF3N5OS/c1-9-4-5-13(21)8-15(9)28-10(2)6-12(11(28)3)7-14-16(25)29-19(26-17(14)30)31-18(27-29)20(22,23)24/h4-8,25H,1-3H3. The van der Waals surface area contributed by atoms with Crippen molar-refractivity contribution in [2.24, 2.45) is 10.1 Å². The predicted molar refractivity (Wildman–Crippen MR) is 116 cm³/mol. The molecule has 0 atom stereocenters. The summed E-state index contributed by atoms with van der Waals surface area (Å²) in [6.45, 7) is 5.67. The van der Waals surface area contributed by atoms with Gasteiger partial charge in [-0.3, -0.25) is 10.2 Å². The Hall–Kier alpha value is -2.85. The number of amides is 1. The van der Waals surface area contributed by atoms with Gasteiger partial charge in [0.05, 0.1) is 5.57 Å². The van der Waals surface area contributed by atoms with E-state index >= 15 is 0 Å². The highest BCUT2D eigenvalue weighted by Gasteiger charge is 2.46. The van der Waals surface area contributed by atoms with E-state index in [1.54, 1.807) is 6.07 Å². The van der Waals surface area contributed by atoms with Gasteiger partial charge in [0.2, 0.25) is 10.2 Å². The molecule has 1 amide bonds. The number of amidine groups is 2. The number of carbonyl (C=O) groups is 1. The summed E-state index contributed by atoms with van der Waals surface area (Å²) in [5.74, 6) is -1.24. The average molecular weight is 466 g/mol. The number of benzene rings is 1. The van der Waals surface area contributed by atoms with Crippen molar-refractivity contribution in [3.63, 3.8) is 0 Å². The second kappa shape index (κ2) is 7.38. The molecule has 4 rings (SSSR count). The molecule has 1 N–H and O–H groups in total. The number of hydrogen-bond donors (Lipinski definition) is 1. The SMILES string of the molecule is Cc1ccc(Cl)cc1-n1c(C)cc(C=C2C(=N)N3N=C(C(F)(F)F)SC3=NC2=O)c1C. The number of hydrazone groups is 1. The molecule has 0 saturated carbocycles. The Morgan fingerprint density at radius 3 is 2.58 bits per heavy atom. The quantitative estimate of drug-likeness (QED) is 0.616. The number of rotatable bonds is 2. The number of alkyl halides is 3. The van der Waals surface area contributed by atoms with Crippen molar-refractivity contribution in [1.82, 2.24) is 9.58 Å². The minimum Gasteiger partial charge on any atom is -0.318 e. The number of nitrogens with zero attached hydrogens (tertiary/aromatic N) is 4. The molecule has 3 heterocycles. The first kappa shape index (κ1) is 21.4. The highest BCUT2D eigenvalue weighted by atomic mass is 35.5. The molecule has 0 saturated heterocycles. The van der Waals surface area contributed by atoms with Crippen LogP contribution in [-0.4, -0.2) is 37.7 Å². The molecule has 2 aromatic rings. The first-order valence-corrected chi connectivity index (χ1v) is 10.2. The number of aromatic nitrogens is 1. The molecular weight excluding hydrogens is 451 g/mol. The minimum absolute atomic E-state index is 0.139. The van der Waals surface area contributed by atoms with Crippen molar-refractivity contribution in [1.29, 1.82) is 5.41 Å². The van der Waals surface area contributed by atoms with Crippen LogP contribution in [0.25, 0.3) is 11.8 Å². The molecule has 11 heteroatoms. The first-order valence-electron chi connectivity index (χ1n) is 9.00. The zero-order chi connectivity index (χ0) is 22.7.